The SMILES string of the molecule is NC(CCc1ccccc1)C(=O)S. The van der Waals surface area contributed by atoms with Gasteiger partial charge in [-0.1, -0.05) is 30.3 Å². The Bertz CT molecular complexity index is 274. The Balaban J connectivity index is 2.39. The highest BCUT2D eigenvalue weighted by Crippen LogP contribution is 2.04. The van der Waals surface area contributed by atoms with Crippen molar-refractivity contribution in [1.82, 2.24) is 0 Å². The van der Waals surface area contributed by atoms with E-state index in [0.29, 0.717) is 6.42 Å². The van der Waals surface area contributed by atoms with Crippen molar-refractivity contribution in [2.75, 3.05) is 0 Å². The molecule has 0 aliphatic rings. The standard InChI is InChI=1S/C10H13NOS/c11-9(10(12)13)7-6-8-4-2-1-3-5-8/h1-5,9H,6-7,11H2,(H,12,13). The predicted octanol–water partition coefficient (Wildman–Crippen LogP) is 1.40. The lowest BCUT2D eigenvalue weighted by Gasteiger charge is -2.05. The molecule has 0 radical (unpaired) electrons. The molecule has 0 saturated heterocycles. The fourth-order valence-corrected chi connectivity index (χ4v) is 1.22. The fraction of sp³-hybridized carbons (Fsp3) is 0.300. The minimum atomic E-state index is -0.441. The van der Waals surface area contributed by atoms with E-state index < -0.39 is 6.04 Å². The molecule has 0 spiro atoms. The highest BCUT2D eigenvalue weighted by molar-refractivity contribution is 7.96. The van der Waals surface area contributed by atoms with Crippen LogP contribution in [0.15, 0.2) is 30.3 Å². The zero-order valence-corrected chi connectivity index (χ0v) is 8.21. The first kappa shape index (κ1) is 10.3. The third-order valence-corrected chi connectivity index (χ3v) is 2.24. The van der Waals surface area contributed by atoms with Crippen LogP contribution < -0.4 is 5.73 Å². The molecule has 1 aromatic rings. The normalized spacial score (nSPS) is 12.5. The molecule has 0 aromatic heterocycles. The third-order valence-electron chi connectivity index (χ3n) is 1.90. The van der Waals surface area contributed by atoms with E-state index in [0.717, 1.165) is 6.42 Å². The number of thiol groups is 1. The second-order valence-corrected chi connectivity index (χ2v) is 3.41. The summed E-state index contributed by atoms with van der Waals surface area (Å²) in [5.74, 6) is 0. The summed E-state index contributed by atoms with van der Waals surface area (Å²) < 4.78 is 0. The maximum atomic E-state index is 10.7. The van der Waals surface area contributed by atoms with Crippen molar-refractivity contribution in [3.8, 4) is 0 Å². The van der Waals surface area contributed by atoms with Crippen LogP contribution in [0.3, 0.4) is 0 Å². The molecule has 0 aliphatic carbocycles. The molecule has 13 heavy (non-hydrogen) atoms. The fourth-order valence-electron chi connectivity index (χ4n) is 1.09. The Hall–Kier alpha value is -0.800. The van der Waals surface area contributed by atoms with E-state index in [9.17, 15) is 4.79 Å². The number of nitrogens with two attached hydrogens (primary N) is 1. The lowest BCUT2D eigenvalue weighted by atomic mass is 10.1. The quantitative estimate of drug-likeness (QED) is 0.713. The average Bonchev–Trinajstić information content (AvgIpc) is 2.15. The molecule has 0 bridgehead atoms. The van der Waals surface area contributed by atoms with E-state index in [1.807, 2.05) is 30.3 Å². The number of hydrogen-bond acceptors (Lipinski definition) is 2. The molecule has 1 rings (SSSR count). The van der Waals surface area contributed by atoms with Crippen molar-refractivity contribution in [1.29, 1.82) is 0 Å². The number of hydrogen-bond donors (Lipinski definition) is 2. The van der Waals surface area contributed by atoms with Crippen LogP contribution in [-0.4, -0.2) is 11.2 Å². The monoisotopic (exact) mass is 195 g/mol. The van der Waals surface area contributed by atoms with Gasteiger partial charge in [0.05, 0.1) is 6.04 Å². The number of aryl methyl sites for hydroxylation is 1. The van der Waals surface area contributed by atoms with Crippen LogP contribution in [0.4, 0.5) is 0 Å². The molecule has 0 heterocycles. The first-order valence-electron chi connectivity index (χ1n) is 4.22. The van der Waals surface area contributed by atoms with Crippen molar-refractivity contribution >= 4 is 17.7 Å². The van der Waals surface area contributed by atoms with Crippen molar-refractivity contribution < 1.29 is 4.79 Å². The van der Waals surface area contributed by atoms with Gasteiger partial charge in [-0.15, -0.1) is 12.6 Å². The van der Waals surface area contributed by atoms with Gasteiger partial charge < -0.3 is 5.73 Å². The summed E-state index contributed by atoms with van der Waals surface area (Å²) in [5.41, 5.74) is 6.74. The van der Waals surface area contributed by atoms with Gasteiger partial charge in [0.1, 0.15) is 0 Å². The molecule has 0 aliphatic heterocycles. The first-order chi connectivity index (χ1) is 6.20. The van der Waals surface area contributed by atoms with Gasteiger partial charge in [0, 0.05) is 0 Å². The second-order valence-electron chi connectivity index (χ2n) is 2.97. The van der Waals surface area contributed by atoms with Crippen molar-refractivity contribution in [3.63, 3.8) is 0 Å². The van der Waals surface area contributed by atoms with E-state index >= 15 is 0 Å². The first-order valence-corrected chi connectivity index (χ1v) is 4.67. The summed E-state index contributed by atoms with van der Waals surface area (Å²) in [6.45, 7) is 0. The summed E-state index contributed by atoms with van der Waals surface area (Å²) in [7, 11) is 0. The molecule has 0 fully saturated rings. The van der Waals surface area contributed by atoms with Crippen molar-refractivity contribution in [3.05, 3.63) is 35.9 Å². The van der Waals surface area contributed by atoms with Crippen LogP contribution in [0, 0.1) is 0 Å². The van der Waals surface area contributed by atoms with Gasteiger partial charge in [-0.3, -0.25) is 4.79 Å². The van der Waals surface area contributed by atoms with Crippen molar-refractivity contribution in [2.45, 2.75) is 18.9 Å². The highest BCUT2D eigenvalue weighted by atomic mass is 32.1. The van der Waals surface area contributed by atoms with Gasteiger partial charge >= 0.3 is 0 Å². The zero-order chi connectivity index (χ0) is 9.68. The molecular formula is C10H13NOS. The summed E-state index contributed by atoms with van der Waals surface area (Å²) in [4.78, 5) is 10.7. The van der Waals surface area contributed by atoms with Gasteiger partial charge in [-0.2, -0.15) is 0 Å². The molecule has 1 atom stereocenters. The average molecular weight is 195 g/mol. The zero-order valence-electron chi connectivity index (χ0n) is 7.31. The Morgan fingerprint density at radius 3 is 2.54 bits per heavy atom. The van der Waals surface area contributed by atoms with Gasteiger partial charge in [0.25, 0.3) is 0 Å². The van der Waals surface area contributed by atoms with Gasteiger partial charge in [-0.05, 0) is 18.4 Å². The molecule has 1 unspecified atom stereocenters. The number of benzene rings is 1. The largest absolute Gasteiger partial charge is 0.321 e. The Labute approximate surface area is 83.5 Å². The van der Waals surface area contributed by atoms with Gasteiger partial charge in [0.2, 0.25) is 5.12 Å². The topological polar surface area (TPSA) is 43.1 Å². The lowest BCUT2D eigenvalue weighted by molar-refractivity contribution is -0.112. The van der Waals surface area contributed by atoms with Gasteiger partial charge in [-0.25, -0.2) is 0 Å². The maximum absolute atomic E-state index is 10.7. The molecule has 2 N–H and O–H groups in total. The van der Waals surface area contributed by atoms with E-state index in [2.05, 4.69) is 12.6 Å². The maximum Gasteiger partial charge on any atom is 0.202 e. The summed E-state index contributed by atoms with van der Waals surface area (Å²) >= 11 is 3.68. The number of rotatable bonds is 4. The highest BCUT2D eigenvalue weighted by Gasteiger charge is 2.08. The van der Waals surface area contributed by atoms with Crippen LogP contribution >= 0.6 is 12.6 Å². The predicted molar refractivity (Wildman–Crippen MR) is 56.7 cm³/mol. The molecule has 2 nitrogen and oxygen atoms in total. The molecule has 0 amide bonds. The summed E-state index contributed by atoms with van der Waals surface area (Å²) in [5, 5.41) is -0.240. The number of carbonyl (C=O) groups is 1. The minimum Gasteiger partial charge on any atom is -0.321 e. The molecule has 70 valence electrons. The third kappa shape index (κ3) is 3.61. The van der Waals surface area contributed by atoms with Crippen LogP contribution in [0.1, 0.15) is 12.0 Å². The lowest BCUT2D eigenvalue weighted by Crippen LogP contribution is -2.27. The van der Waals surface area contributed by atoms with Gasteiger partial charge in [0.15, 0.2) is 0 Å². The molecule has 1 aromatic carbocycles. The van der Waals surface area contributed by atoms with E-state index in [-0.39, 0.29) is 5.12 Å². The molecule has 3 heteroatoms. The van der Waals surface area contributed by atoms with Crippen LogP contribution in [-0.2, 0) is 11.2 Å². The second kappa shape index (κ2) is 5.04. The van der Waals surface area contributed by atoms with Crippen LogP contribution in [0.2, 0.25) is 0 Å². The smallest absolute Gasteiger partial charge is 0.202 e. The van der Waals surface area contributed by atoms with E-state index in [4.69, 9.17) is 5.73 Å². The van der Waals surface area contributed by atoms with E-state index in [1.54, 1.807) is 0 Å². The summed E-state index contributed by atoms with van der Waals surface area (Å²) in [6.07, 6.45) is 1.49. The van der Waals surface area contributed by atoms with Crippen LogP contribution in [0.5, 0.6) is 0 Å². The van der Waals surface area contributed by atoms with Crippen LogP contribution in [0.25, 0.3) is 0 Å². The minimum absolute atomic E-state index is 0.240. The Morgan fingerprint density at radius 2 is 2.00 bits per heavy atom. The molecular weight excluding hydrogens is 182 g/mol. The van der Waals surface area contributed by atoms with Crippen molar-refractivity contribution in [2.24, 2.45) is 5.73 Å². The number of carbonyl (C=O) groups excluding carboxylic acids is 1. The Kier molecular flexibility index (Phi) is 3.99. The summed E-state index contributed by atoms with van der Waals surface area (Å²) in [6, 6.07) is 9.52. The Morgan fingerprint density at radius 1 is 1.38 bits per heavy atom. The molecule has 0 saturated carbocycles. The van der Waals surface area contributed by atoms with E-state index in [1.165, 1.54) is 5.56 Å².